The van der Waals surface area contributed by atoms with E-state index in [1.165, 1.54) is 193 Å². The van der Waals surface area contributed by atoms with Crippen molar-refractivity contribution in [2.24, 2.45) is 5.92 Å². The van der Waals surface area contributed by atoms with Crippen LogP contribution in [0.15, 0.2) is 0 Å². The van der Waals surface area contributed by atoms with E-state index in [2.05, 4.69) is 20.8 Å². The molecule has 0 aromatic rings. The Labute approximate surface area is 255 Å². The average molecular weight is 563 g/mol. The van der Waals surface area contributed by atoms with Crippen LogP contribution in [-0.2, 0) is 4.79 Å². The molecule has 0 amide bonds. The summed E-state index contributed by atoms with van der Waals surface area (Å²) >= 11 is 0. The van der Waals surface area contributed by atoms with Crippen LogP contribution < -0.4 is 0 Å². The molecule has 0 radical (unpaired) electrons. The van der Waals surface area contributed by atoms with Crippen LogP contribution in [0.4, 0.5) is 0 Å². The van der Waals surface area contributed by atoms with Gasteiger partial charge in [0.05, 0.1) is 0 Å². The van der Waals surface area contributed by atoms with Crippen LogP contribution in [0.5, 0.6) is 0 Å². The fourth-order valence-electron chi connectivity index (χ4n) is 6.27. The van der Waals surface area contributed by atoms with E-state index < -0.39 is 0 Å². The molecule has 0 saturated heterocycles. The van der Waals surface area contributed by atoms with Crippen LogP contribution in [0.2, 0.25) is 0 Å². The molecule has 0 N–H and O–H groups in total. The van der Waals surface area contributed by atoms with Crippen molar-refractivity contribution in [3.05, 3.63) is 0 Å². The van der Waals surface area contributed by atoms with Crippen molar-refractivity contribution in [1.82, 2.24) is 0 Å². The molecule has 0 aromatic heterocycles. The molecule has 0 aromatic carbocycles. The molecular formula is C39H78O. The molecule has 0 heterocycles. The van der Waals surface area contributed by atoms with E-state index in [1.54, 1.807) is 0 Å². The van der Waals surface area contributed by atoms with E-state index in [-0.39, 0.29) is 0 Å². The van der Waals surface area contributed by atoms with Gasteiger partial charge in [0.1, 0.15) is 5.78 Å². The lowest BCUT2D eigenvalue weighted by molar-refractivity contribution is -0.119. The van der Waals surface area contributed by atoms with Gasteiger partial charge in [0.15, 0.2) is 0 Å². The smallest absolute Gasteiger partial charge is 0.132 e. The molecule has 1 nitrogen and oxygen atoms in total. The van der Waals surface area contributed by atoms with Crippen molar-refractivity contribution in [1.29, 1.82) is 0 Å². The Bertz CT molecular complexity index is 469. The lowest BCUT2D eigenvalue weighted by Gasteiger charge is -2.10. The molecule has 0 aliphatic heterocycles. The number of carbonyl (C=O) groups excluding carboxylic acids is 1. The highest BCUT2D eigenvalue weighted by molar-refractivity contribution is 5.78. The average Bonchev–Trinajstić information content (AvgIpc) is 2.96. The zero-order chi connectivity index (χ0) is 29.2. The summed E-state index contributed by atoms with van der Waals surface area (Å²) in [6.45, 7) is 7.04. The predicted octanol–water partition coefficient (Wildman–Crippen LogP) is 14.5. The van der Waals surface area contributed by atoms with E-state index >= 15 is 0 Å². The van der Waals surface area contributed by atoms with Gasteiger partial charge in [0, 0.05) is 12.8 Å². The van der Waals surface area contributed by atoms with E-state index in [0.29, 0.717) is 5.78 Å². The molecule has 0 rings (SSSR count). The highest BCUT2D eigenvalue weighted by Gasteiger charge is 2.03. The van der Waals surface area contributed by atoms with Gasteiger partial charge in [0.2, 0.25) is 0 Å². The maximum atomic E-state index is 12.2. The molecule has 1 atom stereocenters. The van der Waals surface area contributed by atoms with Gasteiger partial charge in [-0.3, -0.25) is 4.79 Å². The summed E-state index contributed by atoms with van der Waals surface area (Å²) in [5, 5.41) is 0. The minimum atomic E-state index is 0.528. The minimum Gasteiger partial charge on any atom is -0.300 e. The second-order valence-electron chi connectivity index (χ2n) is 13.6. The summed E-state index contributed by atoms with van der Waals surface area (Å²) < 4.78 is 0. The molecule has 1 unspecified atom stereocenters. The summed E-state index contributed by atoms with van der Waals surface area (Å²) in [5.74, 6) is 1.48. The fraction of sp³-hybridized carbons (Fsp3) is 0.974. The first kappa shape index (κ1) is 39.7. The number of unbranched alkanes of at least 4 members (excludes halogenated alkanes) is 27. The van der Waals surface area contributed by atoms with Crippen molar-refractivity contribution < 1.29 is 4.79 Å². The number of rotatable bonds is 35. The molecule has 240 valence electrons. The third-order valence-corrected chi connectivity index (χ3v) is 9.26. The molecule has 1 heteroatoms. The Morgan fingerprint density at radius 1 is 0.350 bits per heavy atom. The van der Waals surface area contributed by atoms with Crippen molar-refractivity contribution in [3.8, 4) is 0 Å². The summed E-state index contributed by atoms with van der Waals surface area (Å²) in [5.41, 5.74) is 0. The highest BCUT2D eigenvalue weighted by atomic mass is 16.1. The van der Waals surface area contributed by atoms with Crippen molar-refractivity contribution >= 4 is 5.78 Å². The van der Waals surface area contributed by atoms with E-state index in [4.69, 9.17) is 0 Å². The Morgan fingerprint density at radius 3 is 0.925 bits per heavy atom. The highest BCUT2D eigenvalue weighted by Crippen LogP contribution is 2.18. The normalized spacial score (nSPS) is 12.3. The van der Waals surface area contributed by atoms with Gasteiger partial charge < -0.3 is 0 Å². The molecule has 0 aliphatic carbocycles. The van der Waals surface area contributed by atoms with Crippen molar-refractivity contribution in [2.45, 2.75) is 239 Å². The number of ketones is 1. The third kappa shape index (κ3) is 33.9. The molecule has 0 saturated carbocycles. The van der Waals surface area contributed by atoms with Gasteiger partial charge in [-0.2, -0.15) is 0 Å². The second kappa shape index (κ2) is 34.9. The maximum Gasteiger partial charge on any atom is 0.132 e. The fourth-order valence-corrected chi connectivity index (χ4v) is 6.27. The quantitative estimate of drug-likeness (QED) is 0.0702. The molecule has 40 heavy (non-hydrogen) atoms. The van der Waals surface area contributed by atoms with Crippen LogP contribution in [0.25, 0.3) is 0 Å². The SMILES string of the molecule is CCCCCCCCCCCCCCCCCC(=O)CCCCCCCCCCCCCCCC(C)CCCC. The van der Waals surface area contributed by atoms with Crippen molar-refractivity contribution in [2.75, 3.05) is 0 Å². The minimum absolute atomic E-state index is 0.528. The third-order valence-electron chi connectivity index (χ3n) is 9.26. The first-order valence-electron chi connectivity index (χ1n) is 19.2. The zero-order valence-corrected chi connectivity index (χ0v) is 28.5. The Hall–Kier alpha value is -0.330. The number of Topliss-reactive ketones (excluding diaryl/α,β-unsaturated/α-hetero) is 1. The second-order valence-corrected chi connectivity index (χ2v) is 13.6. The number of carbonyl (C=O) groups is 1. The summed E-state index contributed by atoms with van der Waals surface area (Å²) in [4.78, 5) is 12.2. The van der Waals surface area contributed by atoms with Crippen LogP contribution in [0.1, 0.15) is 239 Å². The summed E-state index contributed by atoms with van der Waals surface area (Å²) in [6, 6.07) is 0. The Balaban J connectivity index is 3.17. The number of hydrogen-bond acceptors (Lipinski definition) is 1. The summed E-state index contributed by atoms with van der Waals surface area (Å²) in [7, 11) is 0. The van der Waals surface area contributed by atoms with Gasteiger partial charge in [-0.25, -0.2) is 0 Å². The van der Waals surface area contributed by atoms with E-state index in [9.17, 15) is 4.79 Å². The van der Waals surface area contributed by atoms with E-state index in [1.807, 2.05) is 0 Å². The Morgan fingerprint density at radius 2 is 0.600 bits per heavy atom. The monoisotopic (exact) mass is 563 g/mol. The molecular weight excluding hydrogens is 484 g/mol. The zero-order valence-electron chi connectivity index (χ0n) is 28.5. The molecule has 0 fully saturated rings. The van der Waals surface area contributed by atoms with E-state index in [0.717, 1.165) is 31.6 Å². The van der Waals surface area contributed by atoms with Gasteiger partial charge in [-0.1, -0.05) is 213 Å². The van der Waals surface area contributed by atoms with Crippen LogP contribution in [-0.4, -0.2) is 5.78 Å². The first-order valence-corrected chi connectivity index (χ1v) is 19.2. The van der Waals surface area contributed by atoms with Crippen molar-refractivity contribution in [3.63, 3.8) is 0 Å². The topological polar surface area (TPSA) is 17.1 Å². The molecule has 0 spiro atoms. The molecule has 0 aliphatic rings. The first-order chi connectivity index (χ1) is 19.7. The maximum absolute atomic E-state index is 12.2. The predicted molar refractivity (Wildman–Crippen MR) is 182 cm³/mol. The van der Waals surface area contributed by atoms with Gasteiger partial charge in [0.25, 0.3) is 0 Å². The summed E-state index contributed by atoms with van der Waals surface area (Å²) in [6.07, 6.45) is 46.3. The Kier molecular flexibility index (Phi) is 34.6. The largest absolute Gasteiger partial charge is 0.300 e. The van der Waals surface area contributed by atoms with Gasteiger partial charge in [-0.15, -0.1) is 0 Å². The lowest BCUT2D eigenvalue weighted by Crippen LogP contribution is -1.97. The molecule has 0 bridgehead atoms. The van der Waals surface area contributed by atoms with Gasteiger partial charge in [-0.05, 0) is 18.8 Å². The van der Waals surface area contributed by atoms with Gasteiger partial charge >= 0.3 is 0 Å². The van der Waals surface area contributed by atoms with Crippen LogP contribution in [0.3, 0.4) is 0 Å². The lowest BCUT2D eigenvalue weighted by atomic mass is 9.97. The van der Waals surface area contributed by atoms with Crippen LogP contribution in [0, 0.1) is 5.92 Å². The van der Waals surface area contributed by atoms with Crippen LogP contribution >= 0.6 is 0 Å². The number of hydrogen-bond donors (Lipinski definition) is 0. The standard InChI is InChI=1S/C39H78O/c1-4-6-8-9-10-11-12-13-14-17-20-23-26-29-32-36-39(40)37-33-30-27-24-21-18-15-16-19-22-25-28-31-35-38(3)34-7-5-2/h38H,4-37H2,1-3H3.